The lowest BCUT2D eigenvalue weighted by Crippen LogP contribution is -2.13. The maximum atomic E-state index is 12.6. The minimum atomic E-state index is -0.831. The molecule has 0 aliphatic rings. The first-order valence-corrected chi connectivity index (χ1v) is 11.2. The van der Waals surface area contributed by atoms with Gasteiger partial charge >= 0.3 is 5.69 Å². The van der Waals surface area contributed by atoms with Crippen molar-refractivity contribution in [2.24, 2.45) is 0 Å². The summed E-state index contributed by atoms with van der Waals surface area (Å²) in [7, 11) is 1.29. The van der Waals surface area contributed by atoms with Crippen molar-refractivity contribution in [1.82, 2.24) is 0 Å². The monoisotopic (exact) mass is 538 g/mol. The number of nitrogens with one attached hydrogen (secondary N) is 1. The molecule has 1 N–H and O–H groups in total. The molecule has 0 unspecified atom stereocenters. The van der Waals surface area contributed by atoms with Gasteiger partial charge in [-0.25, -0.2) is 0 Å². The number of nitrogens with zero attached hydrogens (tertiary/aromatic N) is 3. The standard InChI is InChI=1S/C25H19ClN4O8/c1-3-37-19-7-4-17(5-8-19)28-25(31)16(14-27)10-15-11-20(26)24(23(12-15)36-2)38-22-9-6-18(29(32)33)13-21(22)30(34)35/h4-13H,3H2,1-2H3,(H,28,31)/b16-10+. The Morgan fingerprint density at radius 1 is 1.08 bits per heavy atom. The van der Waals surface area contributed by atoms with Crippen LogP contribution in [0.2, 0.25) is 5.02 Å². The number of nitro groups is 2. The lowest BCUT2D eigenvalue weighted by Gasteiger charge is -2.13. The van der Waals surface area contributed by atoms with E-state index in [0.717, 1.165) is 18.2 Å². The third-order valence-corrected chi connectivity index (χ3v) is 5.19. The number of halogens is 1. The molecule has 1 amide bonds. The Hall–Kier alpha value is -5.15. The molecule has 0 spiro atoms. The molecule has 0 saturated heterocycles. The van der Waals surface area contributed by atoms with E-state index < -0.39 is 27.1 Å². The molecule has 0 aliphatic heterocycles. The normalized spacial score (nSPS) is 10.7. The molecule has 3 aromatic rings. The summed E-state index contributed by atoms with van der Waals surface area (Å²) in [5.74, 6) is -0.434. The van der Waals surface area contributed by atoms with Gasteiger partial charge in [-0.15, -0.1) is 0 Å². The van der Waals surface area contributed by atoms with E-state index in [9.17, 15) is 30.3 Å². The first-order valence-electron chi connectivity index (χ1n) is 10.8. The maximum Gasteiger partial charge on any atom is 0.318 e. The van der Waals surface area contributed by atoms with Crippen LogP contribution in [-0.4, -0.2) is 29.5 Å². The number of nitro benzene ring substituents is 2. The van der Waals surface area contributed by atoms with E-state index >= 15 is 0 Å². The number of non-ortho nitro benzene ring substituents is 1. The van der Waals surface area contributed by atoms with Gasteiger partial charge in [-0.05, 0) is 61.0 Å². The van der Waals surface area contributed by atoms with Gasteiger partial charge in [0.25, 0.3) is 11.6 Å². The number of benzene rings is 3. The number of carbonyl (C=O) groups excluding carboxylic acids is 1. The Kier molecular flexibility index (Phi) is 8.81. The van der Waals surface area contributed by atoms with Gasteiger partial charge < -0.3 is 19.5 Å². The van der Waals surface area contributed by atoms with Crippen LogP contribution in [0.5, 0.6) is 23.0 Å². The molecule has 0 radical (unpaired) electrons. The summed E-state index contributed by atoms with van der Waals surface area (Å²) in [6.45, 7) is 2.34. The molecule has 38 heavy (non-hydrogen) atoms. The van der Waals surface area contributed by atoms with E-state index in [1.165, 1.54) is 25.3 Å². The summed E-state index contributed by atoms with van der Waals surface area (Å²) in [4.78, 5) is 33.5. The maximum absolute atomic E-state index is 12.6. The highest BCUT2D eigenvalue weighted by atomic mass is 35.5. The highest BCUT2D eigenvalue weighted by Gasteiger charge is 2.23. The Morgan fingerprint density at radius 2 is 1.79 bits per heavy atom. The lowest BCUT2D eigenvalue weighted by molar-refractivity contribution is -0.394. The van der Waals surface area contributed by atoms with E-state index in [1.54, 1.807) is 24.3 Å². The number of ether oxygens (including phenoxy) is 3. The third-order valence-electron chi connectivity index (χ3n) is 4.91. The molecule has 194 valence electrons. The largest absolute Gasteiger partial charge is 0.494 e. The highest BCUT2D eigenvalue weighted by Crippen LogP contribution is 2.43. The van der Waals surface area contributed by atoms with Gasteiger partial charge in [-0.3, -0.25) is 25.0 Å². The van der Waals surface area contributed by atoms with Crippen molar-refractivity contribution in [2.45, 2.75) is 6.92 Å². The lowest BCUT2D eigenvalue weighted by atomic mass is 10.1. The van der Waals surface area contributed by atoms with Crippen LogP contribution < -0.4 is 19.5 Å². The minimum absolute atomic E-state index is 0.0283. The van der Waals surface area contributed by atoms with Crippen LogP contribution in [0.25, 0.3) is 6.08 Å². The van der Waals surface area contributed by atoms with Crippen molar-refractivity contribution < 1.29 is 28.9 Å². The van der Waals surface area contributed by atoms with Gasteiger partial charge in [0.05, 0.1) is 34.7 Å². The Balaban J connectivity index is 1.90. The minimum Gasteiger partial charge on any atom is -0.494 e. The van der Waals surface area contributed by atoms with Crippen molar-refractivity contribution in [3.8, 4) is 29.1 Å². The number of nitriles is 1. The molecule has 0 heterocycles. The van der Waals surface area contributed by atoms with E-state index in [0.29, 0.717) is 23.6 Å². The molecular weight excluding hydrogens is 520 g/mol. The average molecular weight is 539 g/mol. The summed E-state index contributed by atoms with van der Waals surface area (Å²) >= 11 is 6.35. The number of hydrogen-bond donors (Lipinski definition) is 1. The van der Waals surface area contributed by atoms with Crippen molar-refractivity contribution >= 4 is 40.6 Å². The van der Waals surface area contributed by atoms with Gasteiger partial charge in [0.15, 0.2) is 11.5 Å². The Bertz CT molecular complexity index is 1470. The molecule has 12 nitrogen and oxygen atoms in total. The molecule has 0 saturated carbocycles. The number of hydrogen-bond acceptors (Lipinski definition) is 9. The second kappa shape index (κ2) is 12.2. The van der Waals surface area contributed by atoms with Crippen LogP contribution >= 0.6 is 11.6 Å². The van der Waals surface area contributed by atoms with E-state index in [4.69, 9.17) is 25.8 Å². The third kappa shape index (κ3) is 6.54. The zero-order chi connectivity index (χ0) is 27.8. The summed E-state index contributed by atoms with van der Waals surface area (Å²) in [5.41, 5.74) is -0.634. The quantitative estimate of drug-likeness (QED) is 0.143. The molecule has 0 fully saturated rings. The van der Waals surface area contributed by atoms with Crippen molar-refractivity contribution in [1.29, 1.82) is 5.26 Å². The van der Waals surface area contributed by atoms with E-state index in [-0.39, 0.29) is 27.8 Å². The Labute approximate surface area is 220 Å². The fraction of sp³-hybridized carbons (Fsp3) is 0.120. The SMILES string of the molecule is CCOc1ccc(NC(=O)/C(C#N)=C/c2cc(Cl)c(Oc3ccc([N+](=O)[O-])cc3[N+](=O)[O-])c(OC)c2)cc1. The summed E-state index contributed by atoms with van der Waals surface area (Å²) in [5, 5.41) is 34.5. The van der Waals surface area contributed by atoms with Crippen LogP contribution in [0, 0.1) is 31.6 Å². The van der Waals surface area contributed by atoms with Gasteiger partial charge in [0, 0.05) is 11.8 Å². The van der Waals surface area contributed by atoms with Crippen LogP contribution in [0.3, 0.4) is 0 Å². The van der Waals surface area contributed by atoms with Crippen LogP contribution in [0.1, 0.15) is 12.5 Å². The molecule has 0 atom stereocenters. The van der Waals surface area contributed by atoms with Crippen LogP contribution in [-0.2, 0) is 4.79 Å². The second-order valence-corrected chi connectivity index (χ2v) is 7.79. The molecule has 0 bridgehead atoms. The Morgan fingerprint density at radius 3 is 2.37 bits per heavy atom. The predicted octanol–water partition coefficient (Wildman–Crippen LogP) is 5.90. The van der Waals surface area contributed by atoms with Gasteiger partial charge in [0.1, 0.15) is 17.4 Å². The fourth-order valence-corrected chi connectivity index (χ4v) is 3.45. The van der Waals surface area contributed by atoms with Crippen molar-refractivity contribution in [3.63, 3.8) is 0 Å². The molecule has 3 aromatic carbocycles. The van der Waals surface area contributed by atoms with Crippen LogP contribution in [0.15, 0.2) is 60.2 Å². The zero-order valence-corrected chi connectivity index (χ0v) is 20.7. The molecule has 0 aliphatic carbocycles. The smallest absolute Gasteiger partial charge is 0.318 e. The van der Waals surface area contributed by atoms with E-state index in [1.807, 2.05) is 13.0 Å². The van der Waals surface area contributed by atoms with Crippen molar-refractivity contribution in [3.05, 3.63) is 91.0 Å². The molecule has 3 rings (SSSR count). The van der Waals surface area contributed by atoms with Gasteiger partial charge in [-0.1, -0.05) is 11.6 Å². The van der Waals surface area contributed by atoms with Gasteiger partial charge in [0.2, 0.25) is 5.75 Å². The number of amides is 1. The summed E-state index contributed by atoms with van der Waals surface area (Å²) in [6.07, 6.45) is 1.27. The zero-order valence-electron chi connectivity index (χ0n) is 20.0. The van der Waals surface area contributed by atoms with Gasteiger partial charge in [-0.2, -0.15) is 5.26 Å². The van der Waals surface area contributed by atoms with E-state index in [2.05, 4.69) is 5.32 Å². The van der Waals surface area contributed by atoms with Crippen molar-refractivity contribution in [2.75, 3.05) is 19.0 Å². The number of anilines is 1. The second-order valence-electron chi connectivity index (χ2n) is 7.38. The van der Waals surface area contributed by atoms with Crippen LogP contribution in [0.4, 0.5) is 17.1 Å². The highest BCUT2D eigenvalue weighted by molar-refractivity contribution is 6.32. The topological polar surface area (TPSA) is 167 Å². The summed E-state index contributed by atoms with van der Waals surface area (Å²) < 4.78 is 16.2. The number of carbonyl (C=O) groups is 1. The number of rotatable bonds is 10. The number of methoxy groups -OCH3 is 1. The molecular formula is C25H19ClN4O8. The molecule has 13 heteroatoms. The first-order chi connectivity index (χ1) is 18.2. The summed E-state index contributed by atoms with van der Waals surface area (Å²) in [6, 6.07) is 14.1. The fourth-order valence-electron chi connectivity index (χ4n) is 3.20. The molecule has 0 aromatic heterocycles. The first kappa shape index (κ1) is 27.4. The predicted molar refractivity (Wildman–Crippen MR) is 138 cm³/mol. The average Bonchev–Trinajstić information content (AvgIpc) is 2.89.